The number of hydrogen-bond acceptors (Lipinski definition) is 4. The van der Waals surface area contributed by atoms with E-state index in [1.807, 2.05) is 18.2 Å². The fourth-order valence-corrected chi connectivity index (χ4v) is 3.94. The van der Waals surface area contributed by atoms with Crippen molar-refractivity contribution >= 4 is 21.4 Å². The lowest BCUT2D eigenvalue weighted by Crippen LogP contribution is -2.18. The molecule has 0 amide bonds. The van der Waals surface area contributed by atoms with E-state index in [9.17, 15) is 8.42 Å². The highest BCUT2D eigenvalue weighted by atomic mass is 32.2. The van der Waals surface area contributed by atoms with Gasteiger partial charge in [-0.15, -0.1) is 0 Å². The predicted octanol–water partition coefficient (Wildman–Crippen LogP) is 2.96. The molecule has 23 heavy (non-hydrogen) atoms. The Morgan fingerprint density at radius 1 is 1.00 bits per heavy atom. The Labute approximate surface area is 136 Å². The molecule has 0 aromatic heterocycles. The molecule has 1 N–H and O–H groups in total. The van der Waals surface area contributed by atoms with Gasteiger partial charge < -0.3 is 4.90 Å². The van der Waals surface area contributed by atoms with Crippen molar-refractivity contribution in [3.63, 3.8) is 0 Å². The van der Waals surface area contributed by atoms with E-state index in [0.717, 1.165) is 18.8 Å². The fourth-order valence-electron chi connectivity index (χ4n) is 2.72. The van der Waals surface area contributed by atoms with Crippen LogP contribution in [0.25, 0.3) is 0 Å². The van der Waals surface area contributed by atoms with E-state index in [2.05, 4.69) is 9.62 Å². The maximum absolute atomic E-state index is 12.4. The minimum Gasteiger partial charge on any atom is -0.372 e. The zero-order valence-electron chi connectivity index (χ0n) is 12.6. The van der Waals surface area contributed by atoms with Gasteiger partial charge in [0.2, 0.25) is 0 Å². The Balaban J connectivity index is 1.82. The van der Waals surface area contributed by atoms with Gasteiger partial charge in [0.15, 0.2) is 0 Å². The lowest BCUT2D eigenvalue weighted by molar-refractivity contribution is 0.601. The third kappa shape index (κ3) is 3.30. The van der Waals surface area contributed by atoms with E-state index in [-0.39, 0.29) is 10.5 Å². The van der Waals surface area contributed by atoms with Crippen molar-refractivity contribution in [1.29, 1.82) is 5.26 Å². The lowest BCUT2D eigenvalue weighted by Gasteiger charge is -2.18. The molecule has 0 radical (unpaired) electrons. The molecule has 2 aromatic carbocycles. The molecule has 0 spiro atoms. The molecule has 0 unspecified atom stereocenters. The number of hydrogen-bond donors (Lipinski definition) is 1. The Morgan fingerprint density at radius 3 is 2.30 bits per heavy atom. The van der Waals surface area contributed by atoms with E-state index in [0.29, 0.717) is 5.69 Å². The summed E-state index contributed by atoms with van der Waals surface area (Å²) in [6.07, 6.45) is 2.39. The molecule has 0 atom stereocenters. The molecule has 1 aliphatic heterocycles. The van der Waals surface area contributed by atoms with Crippen LogP contribution in [0.15, 0.2) is 53.4 Å². The van der Waals surface area contributed by atoms with E-state index in [1.165, 1.54) is 25.0 Å². The summed E-state index contributed by atoms with van der Waals surface area (Å²) in [6, 6.07) is 15.4. The maximum atomic E-state index is 12.4. The minimum atomic E-state index is -3.77. The molecule has 0 saturated carbocycles. The zero-order valence-corrected chi connectivity index (χ0v) is 13.4. The van der Waals surface area contributed by atoms with Gasteiger partial charge in [-0.3, -0.25) is 4.72 Å². The fraction of sp³-hybridized carbons (Fsp3) is 0.235. The first kappa shape index (κ1) is 15.4. The Kier molecular flexibility index (Phi) is 4.22. The second-order valence-electron chi connectivity index (χ2n) is 5.45. The molecule has 6 heteroatoms. The third-order valence-corrected chi connectivity index (χ3v) is 5.33. The van der Waals surface area contributed by atoms with Crippen LogP contribution in [0.3, 0.4) is 0 Å². The van der Waals surface area contributed by atoms with Gasteiger partial charge in [-0.05, 0) is 49.2 Å². The molecule has 3 rings (SSSR count). The second-order valence-corrected chi connectivity index (χ2v) is 7.11. The molecule has 1 heterocycles. The number of nitrogens with one attached hydrogen (secondary N) is 1. The largest absolute Gasteiger partial charge is 0.372 e. The number of sulfonamides is 1. The highest BCUT2D eigenvalue weighted by molar-refractivity contribution is 7.92. The molecular formula is C17H17N3O2S. The van der Waals surface area contributed by atoms with Crippen molar-refractivity contribution < 1.29 is 8.42 Å². The van der Waals surface area contributed by atoms with Crippen molar-refractivity contribution in [2.24, 2.45) is 0 Å². The summed E-state index contributed by atoms with van der Waals surface area (Å²) in [5, 5.41) is 9.06. The quantitative estimate of drug-likeness (QED) is 0.937. The number of rotatable bonds is 4. The number of benzene rings is 2. The van der Waals surface area contributed by atoms with Gasteiger partial charge in [0, 0.05) is 24.5 Å². The number of nitriles is 1. The van der Waals surface area contributed by atoms with Crippen molar-refractivity contribution in [3.05, 3.63) is 54.1 Å². The molecule has 0 bridgehead atoms. The van der Waals surface area contributed by atoms with E-state index in [4.69, 9.17) is 5.26 Å². The van der Waals surface area contributed by atoms with Gasteiger partial charge in [-0.1, -0.05) is 12.1 Å². The van der Waals surface area contributed by atoms with Gasteiger partial charge in [-0.25, -0.2) is 8.42 Å². The molecule has 1 fully saturated rings. The average molecular weight is 327 g/mol. The molecule has 1 saturated heterocycles. The second kappa shape index (κ2) is 6.31. The van der Waals surface area contributed by atoms with Crippen molar-refractivity contribution in [2.45, 2.75) is 17.7 Å². The lowest BCUT2D eigenvalue weighted by atomic mass is 10.2. The summed E-state index contributed by atoms with van der Waals surface area (Å²) in [4.78, 5) is 2.27. The summed E-state index contributed by atoms with van der Waals surface area (Å²) >= 11 is 0. The first-order valence-corrected chi connectivity index (χ1v) is 8.95. The molecule has 2 aromatic rings. The van der Waals surface area contributed by atoms with Gasteiger partial charge in [0.1, 0.15) is 11.0 Å². The SMILES string of the molecule is N#Cc1ccccc1S(=O)(=O)Nc1ccc(N2CCCC2)cc1. The Hall–Kier alpha value is -2.52. The summed E-state index contributed by atoms with van der Waals surface area (Å²) in [7, 11) is -3.77. The molecule has 5 nitrogen and oxygen atoms in total. The Morgan fingerprint density at radius 2 is 1.65 bits per heavy atom. The van der Waals surface area contributed by atoms with E-state index in [1.54, 1.807) is 24.3 Å². The van der Waals surface area contributed by atoms with Crippen molar-refractivity contribution in [3.8, 4) is 6.07 Å². The standard InChI is InChI=1S/C17H17N3O2S/c18-13-14-5-1-2-6-17(14)23(21,22)19-15-7-9-16(10-8-15)20-11-3-4-12-20/h1-2,5-10,19H,3-4,11-12H2. The van der Waals surface area contributed by atoms with Crippen LogP contribution in [0.1, 0.15) is 18.4 Å². The van der Waals surface area contributed by atoms with Gasteiger partial charge in [0.25, 0.3) is 10.0 Å². The summed E-state index contributed by atoms with van der Waals surface area (Å²) in [5.41, 5.74) is 1.72. The van der Waals surface area contributed by atoms with Crippen LogP contribution in [-0.4, -0.2) is 21.5 Å². The maximum Gasteiger partial charge on any atom is 0.263 e. The van der Waals surface area contributed by atoms with Crippen LogP contribution in [0.2, 0.25) is 0 Å². The predicted molar refractivity (Wildman–Crippen MR) is 89.9 cm³/mol. The first-order valence-electron chi connectivity index (χ1n) is 7.47. The van der Waals surface area contributed by atoms with Crippen molar-refractivity contribution in [2.75, 3.05) is 22.7 Å². The van der Waals surface area contributed by atoms with Crippen LogP contribution in [0, 0.1) is 11.3 Å². The van der Waals surface area contributed by atoms with Crippen LogP contribution in [0.4, 0.5) is 11.4 Å². The van der Waals surface area contributed by atoms with Gasteiger partial charge >= 0.3 is 0 Å². The smallest absolute Gasteiger partial charge is 0.263 e. The highest BCUT2D eigenvalue weighted by Crippen LogP contribution is 2.24. The third-order valence-electron chi connectivity index (χ3n) is 3.89. The topological polar surface area (TPSA) is 73.2 Å². The Bertz CT molecular complexity index is 833. The minimum absolute atomic E-state index is 0.00822. The molecule has 1 aliphatic rings. The van der Waals surface area contributed by atoms with Crippen molar-refractivity contribution in [1.82, 2.24) is 0 Å². The van der Waals surface area contributed by atoms with Crippen LogP contribution in [0.5, 0.6) is 0 Å². The number of nitrogens with zero attached hydrogens (tertiary/aromatic N) is 2. The number of anilines is 2. The molecule has 118 valence electrons. The zero-order chi connectivity index (χ0) is 16.3. The van der Waals surface area contributed by atoms with Crippen LogP contribution < -0.4 is 9.62 Å². The monoisotopic (exact) mass is 327 g/mol. The summed E-state index contributed by atoms with van der Waals surface area (Å²) < 4.78 is 27.4. The van der Waals surface area contributed by atoms with Gasteiger partial charge in [0.05, 0.1) is 5.56 Å². The highest BCUT2D eigenvalue weighted by Gasteiger charge is 2.18. The molecular weight excluding hydrogens is 310 g/mol. The summed E-state index contributed by atoms with van der Waals surface area (Å²) in [5.74, 6) is 0. The van der Waals surface area contributed by atoms with Crippen LogP contribution in [-0.2, 0) is 10.0 Å². The average Bonchev–Trinajstić information content (AvgIpc) is 3.09. The first-order chi connectivity index (χ1) is 11.1. The summed E-state index contributed by atoms with van der Waals surface area (Å²) in [6.45, 7) is 2.08. The van der Waals surface area contributed by atoms with E-state index >= 15 is 0 Å². The van der Waals surface area contributed by atoms with Gasteiger partial charge in [-0.2, -0.15) is 5.26 Å². The van der Waals surface area contributed by atoms with E-state index < -0.39 is 10.0 Å². The molecule has 0 aliphatic carbocycles. The van der Waals surface area contributed by atoms with Crippen LogP contribution >= 0.6 is 0 Å². The normalized spacial score (nSPS) is 14.5.